The van der Waals surface area contributed by atoms with Gasteiger partial charge in [-0.05, 0) is 17.5 Å². The highest BCUT2D eigenvalue weighted by molar-refractivity contribution is 7.21. The third kappa shape index (κ3) is 2.42. The van der Waals surface area contributed by atoms with E-state index >= 15 is 0 Å². The normalized spacial score (nSPS) is 15.5. The van der Waals surface area contributed by atoms with E-state index in [1.165, 1.54) is 6.07 Å². The van der Waals surface area contributed by atoms with Crippen molar-refractivity contribution in [3.63, 3.8) is 0 Å². The number of hydrogen-bond donors (Lipinski definition) is 2. The van der Waals surface area contributed by atoms with E-state index in [2.05, 4.69) is 10.3 Å². The van der Waals surface area contributed by atoms with Crippen molar-refractivity contribution in [2.24, 2.45) is 4.99 Å². The second-order valence-corrected chi connectivity index (χ2v) is 6.47. The topological polar surface area (TPSA) is 44.6 Å². The van der Waals surface area contributed by atoms with Gasteiger partial charge in [0.05, 0.1) is 11.4 Å². The summed E-state index contributed by atoms with van der Waals surface area (Å²) in [4.78, 5) is 5.36. The third-order valence-corrected chi connectivity index (χ3v) is 5.19. The number of rotatable bonds is 3. The van der Waals surface area contributed by atoms with Crippen LogP contribution in [0.2, 0.25) is 0 Å². The zero-order valence-corrected chi connectivity index (χ0v) is 13.1. The van der Waals surface area contributed by atoms with E-state index in [4.69, 9.17) is 0 Å². The van der Waals surface area contributed by atoms with E-state index in [1.807, 2.05) is 24.3 Å². The fourth-order valence-corrected chi connectivity index (χ4v) is 4.13. The minimum Gasteiger partial charge on any atom is -0.383 e. The van der Waals surface area contributed by atoms with Crippen LogP contribution in [0.15, 0.2) is 53.5 Å². The molecule has 3 aromatic rings. The number of thiophene rings is 1. The van der Waals surface area contributed by atoms with Crippen LogP contribution in [-0.2, 0) is 0 Å². The summed E-state index contributed by atoms with van der Waals surface area (Å²) in [7, 11) is 0. The standard InChI is InChI=1S/C18H15FN2OS/c19-13-7-3-1-5-11(13)16(22)15-12-6-2-4-8-14(12)23-17(15)18-20-9-10-21-18/h1-8,16,22H,9-10H2,(H,20,21). The first-order valence-electron chi connectivity index (χ1n) is 7.48. The highest BCUT2D eigenvalue weighted by atomic mass is 32.1. The monoisotopic (exact) mass is 326 g/mol. The average molecular weight is 326 g/mol. The molecule has 0 bridgehead atoms. The van der Waals surface area contributed by atoms with Gasteiger partial charge in [0.15, 0.2) is 0 Å². The van der Waals surface area contributed by atoms with Gasteiger partial charge in [0, 0.05) is 22.4 Å². The lowest BCUT2D eigenvalue weighted by atomic mass is 9.98. The molecule has 2 heterocycles. The van der Waals surface area contributed by atoms with Crippen LogP contribution in [-0.4, -0.2) is 24.0 Å². The molecule has 1 atom stereocenters. The Labute approximate surface area is 137 Å². The Morgan fingerprint density at radius 3 is 2.70 bits per heavy atom. The molecule has 4 rings (SSSR count). The highest BCUT2D eigenvalue weighted by Gasteiger charge is 2.26. The Bertz CT molecular complexity index is 903. The van der Waals surface area contributed by atoms with Crippen molar-refractivity contribution in [1.29, 1.82) is 0 Å². The number of nitrogens with zero attached hydrogens (tertiary/aromatic N) is 1. The minimum atomic E-state index is -1.02. The van der Waals surface area contributed by atoms with Crippen molar-refractivity contribution < 1.29 is 9.50 Å². The summed E-state index contributed by atoms with van der Waals surface area (Å²) in [5.74, 6) is 0.388. The molecule has 1 aromatic heterocycles. The minimum absolute atomic E-state index is 0.288. The average Bonchev–Trinajstić information content (AvgIpc) is 3.22. The first-order chi connectivity index (χ1) is 11.3. The number of fused-ring (bicyclic) bond motifs is 1. The van der Waals surface area contributed by atoms with Gasteiger partial charge in [-0.3, -0.25) is 4.99 Å². The summed E-state index contributed by atoms with van der Waals surface area (Å²) in [6, 6.07) is 14.2. The number of aliphatic hydroxyl groups excluding tert-OH is 1. The maximum Gasteiger partial charge on any atom is 0.139 e. The lowest BCUT2D eigenvalue weighted by molar-refractivity contribution is 0.216. The molecule has 0 spiro atoms. The summed E-state index contributed by atoms with van der Waals surface area (Å²) in [6.45, 7) is 1.51. The number of aliphatic hydroxyl groups is 1. The van der Waals surface area contributed by atoms with Crippen LogP contribution in [0.5, 0.6) is 0 Å². The van der Waals surface area contributed by atoms with Crippen LogP contribution >= 0.6 is 11.3 Å². The largest absolute Gasteiger partial charge is 0.383 e. The van der Waals surface area contributed by atoms with E-state index in [1.54, 1.807) is 29.5 Å². The molecule has 0 radical (unpaired) electrons. The van der Waals surface area contributed by atoms with Crippen LogP contribution < -0.4 is 5.32 Å². The fourth-order valence-electron chi connectivity index (χ4n) is 2.92. The van der Waals surface area contributed by atoms with Crippen LogP contribution in [0, 0.1) is 5.82 Å². The molecule has 0 fully saturated rings. The predicted molar refractivity (Wildman–Crippen MR) is 91.7 cm³/mol. The Balaban J connectivity index is 1.94. The fraction of sp³-hybridized carbons (Fsp3) is 0.167. The van der Waals surface area contributed by atoms with Crippen molar-refractivity contribution in [2.75, 3.05) is 13.1 Å². The summed E-state index contributed by atoms with van der Waals surface area (Å²) in [6.07, 6.45) is -1.02. The third-order valence-electron chi connectivity index (χ3n) is 4.00. The lowest BCUT2D eigenvalue weighted by Crippen LogP contribution is -2.20. The van der Waals surface area contributed by atoms with E-state index in [0.717, 1.165) is 39.5 Å². The molecule has 5 heteroatoms. The van der Waals surface area contributed by atoms with E-state index in [9.17, 15) is 9.50 Å². The molecule has 116 valence electrons. The van der Waals surface area contributed by atoms with Gasteiger partial charge in [-0.25, -0.2) is 4.39 Å². The molecule has 1 aliphatic heterocycles. The van der Waals surface area contributed by atoms with Gasteiger partial charge in [-0.2, -0.15) is 0 Å². The molecule has 2 aromatic carbocycles. The van der Waals surface area contributed by atoms with Gasteiger partial charge in [-0.15, -0.1) is 11.3 Å². The van der Waals surface area contributed by atoms with Gasteiger partial charge in [0.2, 0.25) is 0 Å². The van der Waals surface area contributed by atoms with E-state index in [0.29, 0.717) is 0 Å². The van der Waals surface area contributed by atoms with Crippen LogP contribution in [0.4, 0.5) is 4.39 Å². The molecule has 2 N–H and O–H groups in total. The molecule has 0 saturated heterocycles. The molecule has 0 aliphatic carbocycles. The summed E-state index contributed by atoms with van der Waals surface area (Å²) >= 11 is 1.57. The van der Waals surface area contributed by atoms with Crippen molar-refractivity contribution in [3.8, 4) is 0 Å². The molecule has 3 nitrogen and oxygen atoms in total. The van der Waals surface area contributed by atoms with Gasteiger partial charge < -0.3 is 10.4 Å². The predicted octanol–water partition coefficient (Wildman–Crippen LogP) is 3.47. The van der Waals surface area contributed by atoms with E-state index < -0.39 is 11.9 Å². The maximum absolute atomic E-state index is 14.1. The zero-order valence-electron chi connectivity index (χ0n) is 12.3. The first kappa shape index (κ1) is 14.4. The number of amidine groups is 1. The summed E-state index contributed by atoms with van der Waals surface area (Å²) < 4.78 is 15.2. The molecule has 23 heavy (non-hydrogen) atoms. The quantitative estimate of drug-likeness (QED) is 0.774. The number of nitrogens with one attached hydrogen (secondary N) is 1. The first-order valence-corrected chi connectivity index (χ1v) is 8.30. The van der Waals surface area contributed by atoms with Crippen molar-refractivity contribution >= 4 is 27.3 Å². The molecule has 0 amide bonds. The SMILES string of the molecule is OC(c1ccccc1F)c1c(C2=NCCN2)sc2ccccc12. The number of hydrogen-bond acceptors (Lipinski definition) is 4. The second-order valence-electron chi connectivity index (χ2n) is 5.42. The Hall–Kier alpha value is -2.24. The number of halogens is 1. The summed E-state index contributed by atoms with van der Waals surface area (Å²) in [5, 5.41) is 15.1. The molecular formula is C18H15FN2OS. The zero-order chi connectivity index (χ0) is 15.8. The lowest BCUT2D eigenvalue weighted by Gasteiger charge is -2.14. The van der Waals surface area contributed by atoms with Crippen molar-refractivity contribution in [3.05, 3.63) is 70.4 Å². The van der Waals surface area contributed by atoms with Gasteiger partial charge >= 0.3 is 0 Å². The van der Waals surface area contributed by atoms with Crippen LogP contribution in [0.3, 0.4) is 0 Å². The molecular weight excluding hydrogens is 311 g/mol. The number of benzene rings is 2. The van der Waals surface area contributed by atoms with Crippen LogP contribution in [0.1, 0.15) is 22.1 Å². The van der Waals surface area contributed by atoms with Crippen LogP contribution in [0.25, 0.3) is 10.1 Å². The number of aliphatic imine (C=N–C) groups is 1. The van der Waals surface area contributed by atoms with Crippen molar-refractivity contribution in [1.82, 2.24) is 5.32 Å². The Kier molecular flexibility index (Phi) is 3.59. The van der Waals surface area contributed by atoms with E-state index in [-0.39, 0.29) is 5.56 Å². The summed E-state index contributed by atoms with van der Waals surface area (Å²) in [5.41, 5.74) is 1.01. The second kappa shape index (κ2) is 5.76. The Morgan fingerprint density at radius 1 is 1.13 bits per heavy atom. The highest BCUT2D eigenvalue weighted by Crippen LogP contribution is 2.38. The Morgan fingerprint density at radius 2 is 1.91 bits per heavy atom. The maximum atomic E-state index is 14.1. The van der Waals surface area contributed by atoms with Crippen molar-refractivity contribution in [2.45, 2.75) is 6.10 Å². The smallest absolute Gasteiger partial charge is 0.139 e. The molecule has 0 saturated carbocycles. The van der Waals surface area contributed by atoms with Gasteiger partial charge in [0.25, 0.3) is 0 Å². The van der Waals surface area contributed by atoms with Gasteiger partial charge in [0.1, 0.15) is 17.8 Å². The molecule has 1 unspecified atom stereocenters. The molecule has 1 aliphatic rings. The van der Waals surface area contributed by atoms with Gasteiger partial charge in [-0.1, -0.05) is 36.4 Å².